The number of thiophene rings is 1. The first kappa shape index (κ1) is 10.4. The minimum atomic E-state index is -0.363. The van der Waals surface area contributed by atoms with Crippen LogP contribution in [-0.4, -0.2) is 18.3 Å². The first-order chi connectivity index (χ1) is 6.74. The molecule has 2 rings (SSSR count). The van der Waals surface area contributed by atoms with Gasteiger partial charge in [0.05, 0.1) is 30.9 Å². The summed E-state index contributed by atoms with van der Waals surface area (Å²) >= 11 is 7.75. The zero-order valence-corrected chi connectivity index (χ0v) is 9.20. The van der Waals surface area contributed by atoms with Crippen molar-refractivity contribution in [1.29, 1.82) is 0 Å². The Morgan fingerprint density at radius 3 is 3.07 bits per heavy atom. The topological polar surface area (TPSA) is 55.5 Å². The zero-order valence-electron chi connectivity index (χ0n) is 7.62. The van der Waals surface area contributed by atoms with Gasteiger partial charge in [-0.3, -0.25) is 0 Å². The summed E-state index contributed by atoms with van der Waals surface area (Å²) in [6.07, 6.45) is 0.901. The largest absolute Gasteiger partial charge is 0.394 e. The molecule has 14 heavy (non-hydrogen) atoms. The molecule has 1 atom stereocenters. The Labute approximate surface area is 91.4 Å². The van der Waals surface area contributed by atoms with E-state index in [0.29, 0.717) is 11.6 Å². The van der Waals surface area contributed by atoms with E-state index >= 15 is 0 Å². The van der Waals surface area contributed by atoms with Gasteiger partial charge in [-0.25, -0.2) is 0 Å². The van der Waals surface area contributed by atoms with E-state index < -0.39 is 0 Å². The van der Waals surface area contributed by atoms with Gasteiger partial charge in [0.2, 0.25) is 0 Å². The van der Waals surface area contributed by atoms with Gasteiger partial charge in [0.1, 0.15) is 0 Å². The van der Waals surface area contributed by atoms with Gasteiger partial charge in [0, 0.05) is 21.7 Å². The number of rotatable bonds is 2. The summed E-state index contributed by atoms with van der Waals surface area (Å²) in [7, 11) is 0. The Morgan fingerprint density at radius 1 is 1.64 bits per heavy atom. The molecular formula is C9H12ClNO2S. The van der Waals surface area contributed by atoms with E-state index in [1.807, 2.05) is 0 Å². The maximum Gasteiger partial charge on any atom is 0.0742 e. The molecule has 3 nitrogen and oxygen atoms in total. The fourth-order valence-corrected chi connectivity index (χ4v) is 3.17. The highest BCUT2D eigenvalue weighted by Gasteiger charge is 2.22. The molecule has 0 bridgehead atoms. The van der Waals surface area contributed by atoms with Crippen molar-refractivity contribution >= 4 is 22.9 Å². The van der Waals surface area contributed by atoms with E-state index in [2.05, 4.69) is 0 Å². The maximum absolute atomic E-state index is 8.97. The highest BCUT2D eigenvalue weighted by atomic mass is 35.5. The summed E-state index contributed by atoms with van der Waals surface area (Å²) in [6, 6.07) is -0.363. The standard InChI is InChI=1S/C9H12ClNO2S/c10-8-5-4-13-2-1-7(5)14-9(8)6(11)3-12/h6,12H,1-4,11H2. The third-order valence-corrected chi connectivity index (χ3v) is 4.27. The van der Waals surface area contributed by atoms with Crippen molar-refractivity contribution in [2.45, 2.75) is 19.1 Å². The highest BCUT2D eigenvalue weighted by molar-refractivity contribution is 7.13. The fraction of sp³-hybridized carbons (Fsp3) is 0.556. The summed E-state index contributed by atoms with van der Waals surface area (Å²) < 4.78 is 5.32. The quantitative estimate of drug-likeness (QED) is 0.814. The van der Waals surface area contributed by atoms with Gasteiger partial charge < -0.3 is 15.6 Å². The molecule has 0 aromatic carbocycles. The summed E-state index contributed by atoms with van der Waals surface area (Å²) in [6.45, 7) is 1.25. The van der Waals surface area contributed by atoms with Crippen LogP contribution < -0.4 is 5.73 Å². The molecule has 0 spiro atoms. The average Bonchev–Trinajstić information content (AvgIpc) is 2.56. The smallest absolute Gasteiger partial charge is 0.0742 e. The lowest BCUT2D eigenvalue weighted by molar-refractivity contribution is 0.112. The SMILES string of the molecule is NC(CO)c1sc2c(c1Cl)COCC2. The second kappa shape index (κ2) is 4.16. The maximum atomic E-state index is 8.97. The summed E-state index contributed by atoms with van der Waals surface area (Å²) in [5.74, 6) is 0. The Hall–Kier alpha value is -0.130. The van der Waals surface area contributed by atoms with E-state index in [1.54, 1.807) is 11.3 Å². The molecule has 78 valence electrons. The predicted molar refractivity (Wildman–Crippen MR) is 56.7 cm³/mol. The normalized spacial score (nSPS) is 17.9. The Balaban J connectivity index is 2.38. The lowest BCUT2D eigenvalue weighted by atomic mass is 10.1. The summed E-state index contributed by atoms with van der Waals surface area (Å²) in [5.41, 5.74) is 6.80. The van der Waals surface area contributed by atoms with Crippen LogP contribution in [0.1, 0.15) is 21.4 Å². The summed E-state index contributed by atoms with van der Waals surface area (Å²) in [5, 5.41) is 9.65. The number of hydrogen-bond donors (Lipinski definition) is 2. The van der Waals surface area contributed by atoms with Gasteiger partial charge in [0.25, 0.3) is 0 Å². The van der Waals surface area contributed by atoms with Crippen LogP contribution in [0.25, 0.3) is 0 Å². The minimum absolute atomic E-state index is 0.0695. The molecule has 1 aliphatic rings. The molecule has 3 N–H and O–H groups in total. The molecular weight excluding hydrogens is 222 g/mol. The molecule has 1 aliphatic heterocycles. The Kier molecular flexibility index (Phi) is 3.09. The van der Waals surface area contributed by atoms with Gasteiger partial charge in [0.15, 0.2) is 0 Å². The van der Waals surface area contributed by atoms with Gasteiger partial charge in [-0.05, 0) is 0 Å². The number of nitrogens with two attached hydrogens (primary N) is 1. The zero-order chi connectivity index (χ0) is 10.1. The van der Waals surface area contributed by atoms with Gasteiger partial charge in [-0.2, -0.15) is 0 Å². The fourth-order valence-electron chi connectivity index (χ4n) is 1.52. The van der Waals surface area contributed by atoms with E-state index in [9.17, 15) is 0 Å². The van der Waals surface area contributed by atoms with E-state index in [4.69, 9.17) is 27.2 Å². The molecule has 0 aliphatic carbocycles. The third-order valence-electron chi connectivity index (χ3n) is 2.30. The number of hydrogen-bond acceptors (Lipinski definition) is 4. The van der Waals surface area contributed by atoms with Gasteiger partial charge in [-0.15, -0.1) is 11.3 Å². The minimum Gasteiger partial charge on any atom is -0.394 e. The molecule has 0 fully saturated rings. The van der Waals surface area contributed by atoms with Crippen molar-refractivity contribution in [3.8, 4) is 0 Å². The van der Waals surface area contributed by atoms with Gasteiger partial charge in [-0.1, -0.05) is 11.6 Å². The van der Waals surface area contributed by atoms with E-state index in [-0.39, 0.29) is 12.6 Å². The van der Waals surface area contributed by atoms with Crippen LogP contribution in [0.4, 0.5) is 0 Å². The molecule has 1 aromatic rings. The first-order valence-corrected chi connectivity index (χ1v) is 5.67. The average molecular weight is 234 g/mol. The lowest BCUT2D eigenvalue weighted by Crippen LogP contribution is -2.13. The molecule has 0 amide bonds. The monoisotopic (exact) mass is 233 g/mol. The number of ether oxygens (including phenoxy) is 1. The lowest BCUT2D eigenvalue weighted by Gasteiger charge is -2.11. The van der Waals surface area contributed by atoms with Crippen molar-refractivity contribution in [2.24, 2.45) is 5.73 Å². The third kappa shape index (κ3) is 1.68. The Morgan fingerprint density at radius 2 is 2.43 bits per heavy atom. The van der Waals surface area contributed by atoms with E-state index in [1.165, 1.54) is 4.88 Å². The van der Waals surface area contributed by atoms with Crippen LogP contribution in [0.15, 0.2) is 0 Å². The molecule has 1 unspecified atom stereocenters. The van der Waals surface area contributed by atoms with Crippen molar-refractivity contribution in [2.75, 3.05) is 13.2 Å². The molecule has 0 radical (unpaired) electrons. The molecule has 0 saturated heterocycles. The van der Waals surface area contributed by atoms with Crippen LogP contribution in [0.3, 0.4) is 0 Å². The van der Waals surface area contributed by atoms with Crippen molar-refractivity contribution < 1.29 is 9.84 Å². The van der Waals surface area contributed by atoms with Gasteiger partial charge >= 0.3 is 0 Å². The highest BCUT2D eigenvalue weighted by Crippen LogP contribution is 2.38. The second-order valence-electron chi connectivity index (χ2n) is 3.27. The van der Waals surface area contributed by atoms with Crippen LogP contribution in [-0.2, 0) is 17.8 Å². The van der Waals surface area contributed by atoms with Crippen molar-refractivity contribution in [1.82, 2.24) is 0 Å². The first-order valence-electron chi connectivity index (χ1n) is 4.48. The molecule has 5 heteroatoms. The molecule has 0 saturated carbocycles. The number of halogens is 1. The Bertz CT molecular complexity index is 340. The van der Waals surface area contributed by atoms with Crippen LogP contribution in [0.5, 0.6) is 0 Å². The van der Waals surface area contributed by atoms with Crippen LogP contribution in [0, 0.1) is 0 Å². The molecule has 2 heterocycles. The molecule has 1 aromatic heterocycles. The number of fused-ring (bicyclic) bond motifs is 1. The van der Waals surface area contributed by atoms with Crippen molar-refractivity contribution in [3.63, 3.8) is 0 Å². The second-order valence-corrected chi connectivity index (χ2v) is 4.79. The van der Waals surface area contributed by atoms with Crippen LogP contribution in [0.2, 0.25) is 5.02 Å². The summed E-state index contributed by atoms with van der Waals surface area (Å²) in [4.78, 5) is 2.13. The number of aliphatic hydroxyl groups is 1. The predicted octanol–water partition coefficient (Wildman–Crippen LogP) is 1.47. The van der Waals surface area contributed by atoms with Crippen molar-refractivity contribution in [3.05, 3.63) is 20.3 Å². The van der Waals surface area contributed by atoms with Crippen LogP contribution >= 0.6 is 22.9 Å². The number of aliphatic hydroxyl groups excluding tert-OH is 1. The van der Waals surface area contributed by atoms with E-state index in [0.717, 1.165) is 23.5 Å².